The predicted octanol–water partition coefficient (Wildman–Crippen LogP) is 4.36. The molecule has 3 N–H and O–H groups in total. The Morgan fingerprint density at radius 1 is 1.04 bits per heavy atom. The summed E-state index contributed by atoms with van der Waals surface area (Å²) in [5.41, 5.74) is 7.68. The maximum Gasteiger partial charge on any atom is 0.224 e. The normalized spacial score (nSPS) is 14.3. The Balaban J connectivity index is 0.00000288. The molecule has 0 unspecified atom stereocenters. The molecule has 1 aromatic carbocycles. The topological polar surface area (TPSA) is 58.4 Å². The number of hydrogen-bond donors (Lipinski definition) is 2. The van der Waals surface area contributed by atoms with Crippen LogP contribution in [-0.2, 0) is 11.3 Å². The van der Waals surface area contributed by atoms with Gasteiger partial charge in [-0.1, -0.05) is 31.4 Å². The van der Waals surface area contributed by atoms with Crippen LogP contribution in [0.25, 0.3) is 0 Å². The fraction of sp³-hybridized carbons (Fsp3) is 0.632. The number of rotatable bonds is 9. The number of nitrogens with two attached hydrogens (primary N) is 1. The van der Waals surface area contributed by atoms with E-state index in [1.54, 1.807) is 0 Å². The molecule has 4 nitrogen and oxygen atoms in total. The highest BCUT2D eigenvalue weighted by atomic mass is 35.5. The Morgan fingerprint density at radius 2 is 1.76 bits per heavy atom. The van der Waals surface area contributed by atoms with Crippen molar-refractivity contribution in [1.29, 1.82) is 0 Å². The number of piperidine rings is 1. The molecule has 2 rings (SSSR count). The zero-order valence-electron chi connectivity index (χ0n) is 15.0. The molecule has 1 saturated heterocycles. The zero-order valence-corrected chi connectivity index (χ0v) is 16.7. The minimum Gasteiger partial charge on any atom is -0.330 e. The molecule has 0 aromatic heterocycles. The van der Waals surface area contributed by atoms with Crippen LogP contribution in [0.3, 0.4) is 0 Å². The second kappa shape index (κ2) is 14.4. The number of halogens is 2. The predicted molar refractivity (Wildman–Crippen MR) is 111 cm³/mol. The number of nitrogens with zero attached hydrogens (tertiary/aromatic N) is 1. The molecule has 1 aromatic rings. The van der Waals surface area contributed by atoms with Crippen LogP contribution in [0.2, 0.25) is 0 Å². The molecule has 0 saturated carbocycles. The first kappa shape index (κ1) is 24.2. The molecule has 6 heteroatoms. The van der Waals surface area contributed by atoms with Gasteiger partial charge in [-0.15, -0.1) is 24.8 Å². The maximum absolute atomic E-state index is 12.0. The van der Waals surface area contributed by atoms with Crippen LogP contribution < -0.4 is 11.1 Å². The number of unbranched alkanes of at least 4 members (excludes halogenated alkanes) is 3. The summed E-state index contributed by atoms with van der Waals surface area (Å²) in [5, 5.41) is 3.03. The smallest absolute Gasteiger partial charge is 0.224 e. The number of amides is 1. The highest BCUT2D eigenvalue weighted by Gasteiger charge is 2.10. The van der Waals surface area contributed by atoms with Crippen molar-refractivity contribution in [3.8, 4) is 0 Å². The summed E-state index contributed by atoms with van der Waals surface area (Å²) in [4.78, 5) is 14.5. The lowest BCUT2D eigenvalue weighted by molar-refractivity contribution is -0.116. The van der Waals surface area contributed by atoms with Crippen molar-refractivity contribution >= 4 is 36.4 Å². The summed E-state index contributed by atoms with van der Waals surface area (Å²) in [5.74, 6) is 0.118. The van der Waals surface area contributed by atoms with E-state index in [1.165, 1.54) is 37.9 Å². The minimum atomic E-state index is 0. The highest BCUT2D eigenvalue weighted by Crippen LogP contribution is 2.16. The van der Waals surface area contributed by atoms with E-state index >= 15 is 0 Å². The van der Waals surface area contributed by atoms with Gasteiger partial charge in [-0.2, -0.15) is 0 Å². The van der Waals surface area contributed by atoms with Crippen molar-refractivity contribution in [2.24, 2.45) is 5.73 Å². The lowest BCUT2D eigenvalue weighted by Crippen LogP contribution is -2.29. The third-order valence-electron chi connectivity index (χ3n) is 4.42. The number of anilines is 1. The summed E-state index contributed by atoms with van der Waals surface area (Å²) in [6.45, 7) is 4.12. The van der Waals surface area contributed by atoms with Crippen LogP contribution in [0.1, 0.15) is 56.9 Å². The first-order valence-corrected chi connectivity index (χ1v) is 9.09. The summed E-state index contributed by atoms with van der Waals surface area (Å²) < 4.78 is 0. The van der Waals surface area contributed by atoms with Gasteiger partial charge in [0.05, 0.1) is 0 Å². The van der Waals surface area contributed by atoms with Crippen molar-refractivity contribution in [3.63, 3.8) is 0 Å². The number of carbonyl (C=O) groups excluding carboxylic acids is 1. The SMILES string of the molecule is Cl.Cl.NCCCCCCC(=O)Nc1cccc(CN2CCCCC2)c1. The molecule has 1 aliphatic heterocycles. The minimum absolute atomic E-state index is 0. The van der Waals surface area contributed by atoms with E-state index in [1.807, 2.05) is 12.1 Å². The van der Waals surface area contributed by atoms with Gasteiger partial charge in [-0.3, -0.25) is 9.69 Å². The van der Waals surface area contributed by atoms with Crippen LogP contribution in [-0.4, -0.2) is 30.4 Å². The highest BCUT2D eigenvalue weighted by molar-refractivity contribution is 5.90. The van der Waals surface area contributed by atoms with E-state index in [-0.39, 0.29) is 30.7 Å². The molecule has 1 heterocycles. The number of likely N-dealkylation sites (tertiary alicyclic amines) is 1. The van der Waals surface area contributed by atoms with Gasteiger partial charge in [-0.25, -0.2) is 0 Å². The lowest BCUT2D eigenvalue weighted by Gasteiger charge is -2.26. The van der Waals surface area contributed by atoms with Crippen molar-refractivity contribution in [1.82, 2.24) is 4.90 Å². The van der Waals surface area contributed by atoms with Gasteiger partial charge in [-0.05, 0) is 63.0 Å². The number of carbonyl (C=O) groups is 1. The Kier molecular flexibility index (Phi) is 13.9. The van der Waals surface area contributed by atoms with Crippen molar-refractivity contribution in [3.05, 3.63) is 29.8 Å². The summed E-state index contributed by atoms with van der Waals surface area (Å²) in [7, 11) is 0. The van der Waals surface area contributed by atoms with Crippen LogP contribution in [0.4, 0.5) is 5.69 Å². The monoisotopic (exact) mass is 389 g/mol. The van der Waals surface area contributed by atoms with Crippen molar-refractivity contribution in [2.45, 2.75) is 57.9 Å². The second-order valence-corrected chi connectivity index (χ2v) is 6.54. The fourth-order valence-corrected chi connectivity index (χ4v) is 3.13. The van der Waals surface area contributed by atoms with E-state index in [4.69, 9.17) is 5.73 Å². The van der Waals surface area contributed by atoms with E-state index in [2.05, 4.69) is 22.3 Å². The number of hydrogen-bond acceptors (Lipinski definition) is 3. The average molecular weight is 390 g/mol. The van der Waals surface area contributed by atoms with Crippen LogP contribution in [0.5, 0.6) is 0 Å². The van der Waals surface area contributed by atoms with Gasteiger partial charge in [0.1, 0.15) is 0 Å². The lowest BCUT2D eigenvalue weighted by atomic mass is 10.1. The number of nitrogens with one attached hydrogen (secondary N) is 1. The molecule has 0 aliphatic carbocycles. The molecule has 25 heavy (non-hydrogen) atoms. The molecule has 0 bridgehead atoms. The zero-order chi connectivity index (χ0) is 16.3. The number of benzene rings is 1. The summed E-state index contributed by atoms with van der Waals surface area (Å²) in [6.07, 6.45) is 8.77. The van der Waals surface area contributed by atoms with E-state index in [9.17, 15) is 4.79 Å². The summed E-state index contributed by atoms with van der Waals surface area (Å²) >= 11 is 0. The van der Waals surface area contributed by atoms with Crippen molar-refractivity contribution < 1.29 is 4.79 Å². The van der Waals surface area contributed by atoms with Gasteiger partial charge >= 0.3 is 0 Å². The quantitative estimate of drug-likeness (QED) is 0.616. The second-order valence-electron chi connectivity index (χ2n) is 6.54. The molecule has 144 valence electrons. The molecule has 0 radical (unpaired) electrons. The molecule has 0 atom stereocenters. The van der Waals surface area contributed by atoms with Gasteiger partial charge in [0.15, 0.2) is 0 Å². The van der Waals surface area contributed by atoms with Gasteiger partial charge < -0.3 is 11.1 Å². The fourth-order valence-electron chi connectivity index (χ4n) is 3.13. The van der Waals surface area contributed by atoms with Gasteiger partial charge in [0, 0.05) is 18.7 Å². The average Bonchev–Trinajstić information content (AvgIpc) is 2.56. The Labute approximate surface area is 164 Å². The maximum atomic E-state index is 12.0. The molecule has 1 fully saturated rings. The molecule has 1 amide bonds. The summed E-state index contributed by atoms with van der Waals surface area (Å²) in [6, 6.07) is 8.28. The Morgan fingerprint density at radius 3 is 2.48 bits per heavy atom. The third kappa shape index (κ3) is 10.0. The van der Waals surface area contributed by atoms with E-state index < -0.39 is 0 Å². The van der Waals surface area contributed by atoms with Gasteiger partial charge in [0.2, 0.25) is 5.91 Å². The van der Waals surface area contributed by atoms with E-state index in [0.717, 1.165) is 44.5 Å². The van der Waals surface area contributed by atoms with Gasteiger partial charge in [0.25, 0.3) is 0 Å². The Hall–Kier alpha value is -0.810. The molecule has 1 aliphatic rings. The molecule has 0 spiro atoms. The molecular formula is C19H33Cl2N3O. The standard InChI is InChI=1S/C19H31N3O.2ClH/c20-12-5-2-1-4-11-19(23)21-18-10-8-9-17(15-18)16-22-13-6-3-7-14-22;;/h8-10,15H,1-7,11-14,16,20H2,(H,21,23);2*1H. The van der Waals surface area contributed by atoms with E-state index in [0.29, 0.717) is 6.42 Å². The van der Waals surface area contributed by atoms with Crippen molar-refractivity contribution in [2.75, 3.05) is 25.0 Å². The largest absolute Gasteiger partial charge is 0.330 e. The first-order valence-electron chi connectivity index (χ1n) is 9.09. The molecular weight excluding hydrogens is 357 g/mol. The first-order chi connectivity index (χ1) is 11.3. The van der Waals surface area contributed by atoms with Crippen LogP contribution in [0, 0.1) is 0 Å². The third-order valence-corrected chi connectivity index (χ3v) is 4.42. The van der Waals surface area contributed by atoms with Crippen LogP contribution >= 0.6 is 24.8 Å². The Bertz CT molecular complexity index is 479. The van der Waals surface area contributed by atoms with Crippen LogP contribution in [0.15, 0.2) is 24.3 Å².